The number of rotatable bonds is 6. The Morgan fingerprint density at radius 3 is 1.42 bits per heavy atom. The molecule has 3 rings (SSSR count). The predicted octanol–water partition coefficient (Wildman–Crippen LogP) is 6.03. The third kappa shape index (κ3) is 3.72. The van der Waals surface area contributed by atoms with Gasteiger partial charge in [-0.15, -0.1) is 0 Å². The van der Waals surface area contributed by atoms with Crippen LogP contribution in [0.5, 0.6) is 0 Å². The van der Waals surface area contributed by atoms with Gasteiger partial charge in [-0.25, -0.2) is 0 Å². The van der Waals surface area contributed by atoms with Crippen molar-refractivity contribution in [1.29, 1.82) is 0 Å². The average molecular weight is 351 g/mol. The van der Waals surface area contributed by atoms with Crippen LogP contribution in [-0.4, -0.2) is 29.6 Å². The summed E-state index contributed by atoms with van der Waals surface area (Å²) in [4.78, 5) is 5.28. The highest BCUT2D eigenvalue weighted by Crippen LogP contribution is 2.42. The number of hydrogen-bond donors (Lipinski definition) is 0. The molecule has 0 bridgehead atoms. The number of benzene rings is 2. The molecular weight excluding hydrogens is 316 g/mol. The van der Waals surface area contributed by atoms with Gasteiger partial charge in [0, 0.05) is 12.1 Å². The Morgan fingerprint density at radius 2 is 1.04 bits per heavy atom. The van der Waals surface area contributed by atoms with Gasteiger partial charge in [-0.2, -0.15) is 0 Å². The lowest BCUT2D eigenvalue weighted by molar-refractivity contribution is -0.0948. The fourth-order valence-corrected chi connectivity index (χ4v) is 4.70. The molecule has 0 amide bonds. The molecule has 2 heteroatoms. The standard InChI is InChI=1S/C24H34N2/c1-20(22-14-8-5-9-15-22)25(3)24(18-12-7-13-19-24)26(4)21(2)23-16-10-6-11-17-23/h5-6,8-11,14-17,20-21H,7,12-13,18-19H2,1-4H3. The zero-order valence-electron chi connectivity index (χ0n) is 16.9. The zero-order chi connectivity index (χ0) is 18.6. The summed E-state index contributed by atoms with van der Waals surface area (Å²) >= 11 is 0. The Labute approximate surface area is 159 Å². The first-order valence-corrected chi connectivity index (χ1v) is 10.1. The maximum atomic E-state index is 2.64. The molecule has 0 aromatic heterocycles. The van der Waals surface area contributed by atoms with Gasteiger partial charge in [0.05, 0.1) is 5.66 Å². The summed E-state index contributed by atoms with van der Waals surface area (Å²) in [7, 11) is 4.66. The van der Waals surface area contributed by atoms with Gasteiger partial charge in [-0.3, -0.25) is 9.80 Å². The van der Waals surface area contributed by atoms with E-state index in [0.29, 0.717) is 12.1 Å². The van der Waals surface area contributed by atoms with E-state index in [0.717, 1.165) is 0 Å². The van der Waals surface area contributed by atoms with E-state index in [4.69, 9.17) is 0 Å². The third-order valence-electron chi connectivity index (χ3n) is 6.69. The van der Waals surface area contributed by atoms with Crippen LogP contribution in [0.15, 0.2) is 60.7 Å². The minimum atomic E-state index is 0.114. The van der Waals surface area contributed by atoms with E-state index in [1.807, 2.05) is 0 Å². The molecule has 2 atom stereocenters. The molecule has 2 unspecified atom stereocenters. The Bertz CT molecular complexity index is 608. The van der Waals surface area contributed by atoms with Crippen LogP contribution in [0.3, 0.4) is 0 Å². The van der Waals surface area contributed by atoms with Gasteiger partial charge in [0.2, 0.25) is 0 Å². The van der Waals surface area contributed by atoms with Crippen molar-refractivity contribution in [1.82, 2.24) is 9.80 Å². The van der Waals surface area contributed by atoms with Crippen molar-refractivity contribution in [2.24, 2.45) is 0 Å². The van der Waals surface area contributed by atoms with Crippen LogP contribution in [-0.2, 0) is 0 Å². The molecule has 2 nitrogen and oxygen atoms in total. The fraction of sp³-hybridized carbons (Fsp3) is 0.500. The molecule has 2 aromatic rings. The molecule has 140 valence electrons. The summed E-state index contributed by atoms with van der Waals surface area (Å²) in [5, 5.41) is 0. The van der Waals surface area contributed by atoms with Crippen LogP contribution in [0.25, 0.3) is 0 Å². The van der Waals surface area contributed by atoms with Crippen molar-refractivity contribution < 1.29 is 0 Å². The monoisotopic (exact) mass is 350 g/mol. The average Bonchev–Trinajstić information content (AvgIpc) is 2.73. The summed E-state index contributed by atoms with van der Waals surface area (Å²) < 4.78 is 0. The summed E-state index contributed by atoms with van der Waals surface area (Å²) in [5.74, 6) is 0. The summed E-state index contributed by atoms with van der Waals surface area (Å²) in [6, 6.07) is 22.7. The van der Waals surface area contributed by atoms with E-state index >= 15 is 0 Å². The first-order chi connectivity index (χ1) is 12.6. The van der Waals surface area contributed by atoms with Crippen LogP contribution in [0.1, 0.15) is 69.2 Å². The van der Waals surface area contributed by atoms with Gasteiger partial charge in [0.25, 0.3) is 0 Å². The summed E-state index contributed by atoms with van der Waals surface area (Å²) in [6.07, 6.45) is 6.49. The van der Waals surface area contributed by atoms with E-state index in [1.54, 1.807) is 0 Å². The summed E-state index contributed by atoms with van der Waals surface area (Å²) in [6.45, 7) is 4.71. The van der Waals surface area contributed by atoms with Gasteiger partial charge in [-0.1, -0.05) is 79.9 Å². The lowest BCUT2D eigenvalue weighted by atomic mass is 9.83. The Balaban J connectivity index is 1.90. The molecule has 0 N–H and O–H groups in total. The van der Waals surface area contributed by atoms with Crippen molar-refractivity contribution in [3.8, 4) is 0 Å². The number of hydrogen-bond acceptors (Lipinski definition) is 2. The topological polar surface area (TPSA) is 6.48 Å². The van der Waals surface area contributed by atoms with Crippen LogP contribution >= 0.6 is 0 Å². The van der Waals surface area contributed by atoms with E-state index in [9.17, 15) is 0 Å². The van der Waals surface area contributed by atoms with Crippen molar-refractivity contribution in [3.63, 3.8) is 0 Å². The van der Waals surface area contributed by atoms with Gasteiger partial charge >= 0.3 is 0 Å². The van der Waals surface area contributed by atoms with Gasteiger partial charge < -0.3 is 0 Å². The van der Waals surface area contributed by atoms with E-state index in [1.165, 1.54) is 43.2 Å². The second-order valence-electron chi connectivity index (χ2n) is 7.94. The van der Waals surface area contributed by atoms with E-state index < -0.39 is 0 Å². The number of nitrogens with zero attached hydrogens (tertiary/aromatic N) is 2. The molecule has 0 heterocycles. The highest BCUT2D eigenvalue weighted by molar-refractivity contribution is 5.21. The van der Waals surface area contributed by atoms with Crippen molar-refractivity contribution in [3.05, 3.63) is 71.8 Å². The first-order valence-electron chi connectivity index (χ1n) is 10.1. The predicted molar refractivity (Wildman–Crippen MR) is 111 cm³/mol. The minimum Gasteiger partial charge on any atom is -0.282 e. The second kappa shape index (κ2) is 8.37. The van der Waals surface area contributed by atoms with E-state index in [2.05, 4.69) is 98.4 Å². The first kappa shape index (κ1) is 19.1. The van der Waals surface area contributed by atoms with Gasteiger partial charge in [0.1, 0.15) is 0 Å². The van der Waals surface area contributed by atoms with Crippen LogP contribution in [0.4, 0.5) is 0 Å². The Hall–Kier alpha value is -1.64. The van der Waals surface area contributed by atoms with Crippen LogP contribution in [0, 0.1) is 0 Å². The highest BCUT2D eigenvalue weighted by Gasteiger charge is 2.43. The lowest BCUT2D eigenvalue weighted by Crippen LogP contribution is -2.60. The SMILES string of the molecule is CC(c1ccccc1)N(C)C1(N(C)C(C)c2ccccc2)CCCCC1. The van der Waals surface area contributed by atoms with Crippen molar-refractivity contribution in [2.75, 3.05) is 14.1 Å². The molecule has 0 spiro atoms. The minimum absolute atomic E-state index is 0.114. The molecule has 0 aliphatic heterocycles. The largest absolute Gasteiger partial charge is 0.282 e. The van der Waals surface area contributed by atoms with Crippen molar-refractivity contribution in [2.45, 2.75) is 63.7 Å². The fourth-order valence-electron chi connectivity index (χ4n) is 4.70. The van der Waals surface area contributed by atoms with Gasteiger partial charge in [0.15, 0.2) is 0 Å². The van der Waals surface area contributed by atoms with Crippen LogP contribution < -0.4 is 0 Å². The van der Waals surface area contributed by atoms with Gasteiger partial charge in [-0.05, 0) is 51.9 Å². The van der Waals surface area contributed by atoms with E-state index in [-0.39, 0.29) is 5.66 Å². The highest BCUT2D eigenvalue weighted by atomic mass is 15.4. The summed E-state index contributed by atoms with van der Waals surface area (Å²) in [5.41, 5.74) is 2.92. The lowest BCUT2D eigenvalue weighted by Gasteiger charge is -2.54. The Morgan fingerprint density at radius 1 is 0.654 bits per heavy atom. The van der Waals surface area contributed by atoms with Crippen molar-refractivity contribution >= 4 is 0 Å². The molecule has 1 saturated carbocycles. The molecule has 0 saturated heterocycles. The molecular formula is C24H34N2. The van der Waals surface area contributed by atoms with Crippen LogP contribution in [0.2, 0.25) is 0 Å². The molecule has 1 fully saturated rings. The second-order valence-corrected chi connectivity index (χ2v) is 7.94. The third-order valence-corrected chi connectivity index (χ3v) is 6.69. The molecule has 1 aliphatic rings. The quantitative estimate of drug-likeness (QED) is 0.587. The molecule has 2 aromatic carbocycles. The molecule has 1 aliphatic carbocycles. The Kier molecular flexibility index (Phi) is 6.16. The maximum absolute atomic E-state index is 2.64. The normalized spacial score (nSPS) is 19.5. The molecule has 26 heavy (non-hydrogen) atoms. The molecule has 0 radical (unpaired) electrons. The zero-order valence-corrected chi connectivity index (χ0v) is 16.9. The maximum Gasteiger partial charge on any atom is 0.0742 e. The smallest absolute Gasteiger partial charge is 0.0742 e.